The number of fused-ring (bicyclic) bond motifs is 1. The molecule has 4 nitrogen and oxygen atoms in total. The minimum Gasteiger partial charge on any atom is -0.465 e. The number of Topliss-reactive ketones (excluding diaryl/α,β-unsaturated/α-hetero) is 1. The molecule has 3 rings (SSSR count). The summed E-state index contributed by atoms with van der Waals surface area (Å²) in [5.74, 6) is -1.37. The number of halogens is 1. The fourth-order valence-electron chi connectivity index (χ4n) is 2.83. The van der Waals surface area contributed by atoms with E-state index in [-0.39, 0.29) is 18.3 Å². The Labute approximate surface area is 138 Å². The van der Waals surface area contributed by atoms with E-state index in [2.05, 4.69) is 5.32 Å². The molecule has 0 aromatic heterocycles. The van der Waals surface area contributed by atoms with Crippen LogP contribution in [0.4, 0.5) is 5.69 Å². The summed E-state index contributed by atoms with van der Waals surface area (Å²) in [5, 5.41) is 3.93. The number of anilines is 1. The number of hydrogen-bond donors (Lipinski definition) is 1. The molecule has 0 saturated heterocycles. The summed E-state index contributed by atoms with van der Waals surface area (Å²) in [5.41, 5.74) is 1.83. The predicted molar refractivity (Wildman–Crippen MR) is 86.9 cm³/mol. The van der Waals surface area contributed by atoms with Crippen LogP contribution in [0.25, 0.3) is 0 Å². The molecular weight excluding hydrogens is 322 g/mol. The average molecular weight is 338 g/mol. The molecule has 0 fully saturated rings. The Morgan fingerprint density at radius 2 is 2.27 bits per heavy atom. The van der Waals surface area contributed by atoms with Crippen molar-refractivity contribution in [1.82, 2.24) is 0 Å². The maximum Gasteiger partial charge on any atom is 0.317 e. The van der Waals surface area contributed by atoms with E-state index in [1.54, 1.807) is 6.92 Å². The monoisotopic (exact) mass is 337 g/mol. The van der Waals surface area contributed by atoms with Gasteiger partial charge in [-0.2, -0.15) is 0 Å². The van der Waals surface area contributed by atoms with Crippen molar-refractivity contribution in [3.63, 3.8) is 0 Å². The Morgan fingerprint density at radius 3 is 3.00 bits per heavy atom. The zero-order valence-corrected chi connectivity index (χ0v) is 13.9. The lowest BCUT2D eigenvalue weighted by molar-refractivity contribution is -0.152. The lowest BCUT2D eigenvalue weighted by Gasteiger charge is -2.33. The molecule has 1 aromatic rings. The molecule has 2 atom stereocenters. The van der Waals surface area contributed by atoms with Crippen LogP contribution in [0, 0.1) is 11.8 Å². The Balaban J connectivity index is 1.93. The number of carbonyl (C=O) groups is 2. The molecule has 0 amide bonds. The second-order valence-electron chi connectivity index (χ2n) is 5.45. The van der Waals surface area contributed by atoms with Crippen LogP contribution in [-0.4, -0.2) is 18.4 Å². The Kier molecular flexibility index (Phi) is 4.19. The number of ketones is 1. The van der Waals surface area contributed by atoms with Crippen molar-refractivity contribution in [3.05, 3.63) is 33.8 Å². The summed E-state index contributed by atoms with van der Waals surface area (Å²) in [6.45, 7) is 3.94. The lowest BCUT2D eigenvalue weighted by Crippen LogP contribution is -2.37. The molecule has 0 saturated carbocycles. The van der Waals surface area contributed by atoms with Gasteiger partial charge in [0.05, 0.1) is 17.2 Å². The van der Waals surface area contributed by atoms with E-state index in [1.807, 2.05) is 25.1 Å². The quantitative estimate of drug-likeness (QED) is 0.656. The number of carbonyl (C=O) groups excluding carboxylic acids is 2. The molecule has 1 aliphatic heterocycles. The van der Waals surface area contributed by atoms with Gasteiger partial charge in [0.1, 0.15) is 5.92 Å². The van der Waals surface area contributed by atoms with E-state index in [9.17, 15) is 9.59 Å². The molecular formula is C16H16ClNO3S. The third kappa shape index (κ3) is 2.63. The number of ether oxygens (including phenoxy) is 1. The van der Waals surface area contributed by atoms with E-state index in [4.69, 9.17) is 16.3 Å². The van der Waals surface area contributed by atoms with Gasteiger partial charge in [-0.1, -0.05) is 30.3 Å². The van der Waals surface area contributed by atoms with Crippen LogP contribution >= 0.6 is 23.4 Å². The van der Waals surface area contributed by atoms with E-state index >= 15 is 0 Å². The van der Waals surface area contributed by atoms with Gasteiger partial charge in [-0.15, -0.1) is 0 Å². The average Bonchev–Trinajstić information content (AvgIpc) is 2.46. The Morgan fingerprint density at radius 1 is 1.50 bits per heavy atom. The Bertz CT molecular complexity index is 686. The van der Waals surface area contributed by atoms with Gasteiger partial charge in [0.25, 0.3) is 0 Å². The van der Waals surface area contributed by atoms with E-state index in [0.717, 1.165) is 16.3 Å². The number of benzene rings is 1. The minimum absolute atomic E-state index is 0.0766. The van der Waals surface area contributed by atoms with E-state index in [0.29, 0.717) is 16.3 Å². The summed E-state index contributed by atoms with van der Waals surface area (Å²) in [4.78, 5) is 26.3. The maximum atomic E-state index is 12.7. The summed E-state index contributed by atoms with van der Waals surface area (Å²) >= 11 is 7.40. The first-order valence-corrected chi connectivity index (χ1v) is 8.39. The molecule has 2 aliphatic rings. The van der Waals surface area contributed by atoms with Gasteiger partial charge in [0.15, 0.2) is 5.78 Å². The zero-order valence-electron chi connectivity index (χ0n) is 12.3. The van der Waals surface area contributed by atoms with Crippen LogP contribution < -0.4 is 5.32 Å². The van der Waals surface area contributed by atoms with Crippen LogP contribution in [0.2, 0.25) is 5.02 Å². The molecule has 116 valence electrons. The van der Waals surface area contributed by atoms with Crippen LogP contribution in [-0.2, 0) is 14.3 Å². The number of nitrogens with one attached hydrogen (secondary N) is 1. The van der Waals surface area contributed by atoms with Crippen molar-refractivity contribution in [1.29, 1.82) is 0 Å². The van der Waals surface area contributed by atoms with Gasteiger partial charge < -0.3 is 10.1 Å². The lowest BCUT2D eigenvalue weighted by atomic mass is 9.81. The van der Waals surface area contributed by atoms with Crippen LogP contribution in [0.5, 0.6) is 0 Å². The number of hydrogen-bond acceptors (Lipinski definition) is 5. The number of thioether (sulfide) groups is 1. The zero-order chi connectivity index (χ0) is 15.9. The first-order chi connectivity index (χ1) is 10.5. The second-order valence-corrected chi connectivity index (χ2v) is 6.94. The fourth-order valence-corrected chi connectivity index (χ4v) is 4.19. The summed E-state index contributed by atoms with van der Waals surface area (Å²) in [7, 11) is 0. The predicted octanol–water partition coefficient (Wildman–Crippen LogP) is 3.86. The largest absolute Gasteiger partial charge is 0.465 e. The summed E-state index contributed by atoms with van der Waals surface area (Å²) < 4.78 is 5.06. The van der Waals surface area contributed by atoms with Crippen molar-refractivity contribution in [2.45, 2.75) is 25.2 Å². The molecule has 6 heteroatoms. The van der Waals surface area contributed by atoms with Crippen molar-refractivity contribution >= 4 is 40.8 Å². The van der Waals surface area contributed by atoms with Crippen molar-refractivity contribution in [2.75, 3.05) is 11.9 Å². The first-order valence-electron chi connectivity index (χ1n) is 7.19. The van der Waals surface area contributed by atoms with Gasteiger partial charge >= 0.3 is 5.97 Å². The smallest absolute Gasteiger partial charge is 0.317 e. The van der Waals surface area contributed by atoms with E-state index in [1.165, 1.54) is 11.8 Å². The highest BCUT2D eigenvalue weighted by atomic mass is 35.5. The van der Waals surface area contributed by atoms with Gasteiger partial charge in [-0.05, 0) is 37.5 Å². The molecule has 0 bridgehead atoms. The van der Waals surface area contributed by atoms with Crippen molar-refractivity contribution in [2.24, 2.45) is 11.8 Å². The summed E-state index contributed by atoms with van der Waals surface area (Å²) in [6, 6.07) is 5.54. The van der Waals surface area contributed by atoms with Gasteiger partial charge in [-0.25, -0.2) is 0 Å². The maximum absolute atomic E-state index is 12.7. The fraction of sp³-hybridized carbons (Fsp3) is 0.375. The first kappa shape index (κ1) is 15.4. The number of esters is 1. The molecule has 1 N–H and O–H groups in total. The second kappa shape index (κ2) is 5.97. The van der Waals surface area contributed by atoms with Gasteiger partial charge in [0, 0.05) is 15.6 Å². The molecule has 2 unspecified atom stereocenters. The SMILES string of the molecule is CCOC(=O)C1C(=O)C2=C(CC1C)Nc1ccc(Cl)cc1S2. The normalized spacial score (nSPS) is 23.5. The van der Waals surface area contributed by atoms with Crippen LogP contribution in [0.1, 0.15) is 20.3 Å². The Hall–Kier alpha value is -1.46. The molecule has 0 spiro atoms. The number of allylic oxidation sites excluding steroid dienone is 2. The molecule has 1 heterocycles. The van der Waals surface area contributed by atoms with Gasteiger partial charge in [-0.3, -0.25) is 9.59 Å². The van der Waals surface area contributed by atoms with Crippen molar-refractivity contribution in [3.8, 4) is 0 Å². The van der Waals surface area contributed by atoms with Gasteiger partial charge in [0.2, 0.25) is 0 Å². The van der Waals surface area contributed by atoms with Crippen LogP contribution in [0.3, 0.4) is 0 Å². The third-order valence-electron chi connectivity index (χ3n) is 3.86. The number of rotatable bonds is 2. The topological polar surface area (TPSA) is 55.4 Å². The third-order valence-corrected chi connectivity index (χ3v) is 5.30. The van der Waals surface area contributed by atoms with E-state index < -0.39 is 11.9 Å². The molecule has 22 heavy (non-hydrogen) atoms. The molecule has 1 aromatic carbocycles. The van der Waals surface area contributed by atoms with Crippen molar-refractivity contribution < 1.29 is 14.3 Å². The molecule has 1 aliphatic carbocycles. The highest BCUT2D eigenvalue weighted by Crippen LogP contribution is 2.47. The summed E-state index contributed by atoms with van der Waals surface area (Å²) in [6.07, 6.45) is 0.652. The molecule has 0 radical (unpaired) electrons. The standard InChI is InChI=1S/C16H16ClNO3S/c1-3-21-16(20)13-8(2)6-11-15(14(13)19)22-12-7-9(17)4-5-10(12)18-11/h4-5,7-8,13,18H,3,6H2,1-2H3. The highest BCUT2D eigenvalue weighted by molar-refractivity contribution is 8.04. The minimum atomic E-state index is -0.714. The van der Waals surface area contributed by atoms with Crippen LogP contribution in [0.15, 0.2) is 33.7 Å². The highest BCUT2D eigenvalue weighted by Gasteiger charge is 2.42.